The number of Topliss-reactive ketones (excluding diaryl/α,β-unsaturated/α-hetero) is 1. The Morgan fingerprint density at radius 1 is 1.24 bits per heavy atom. The van der Waals surface area contributed by atoms with Crippen LogP contribution in [0.15, 0.2) is 36.5 Å². The van der Waals surface area contributed by atoms with Crippen molar-refractivity contribution in [2.45, 2.75) is 25.9 Å². The Balaban J connectivity index is 1.77. The zero-order valence-electron chi connectivity index (χ0n) is 12.0. The van der Waals surface area contributed by atoms with Crippen molar-refractivity contribution in [1.82, 2.24) is 4.98 Å². The largest absolute Gasteiger partial charge is 0.489 e. The molecule has 3 rings (SSSR count). The van der Waals surface area contributed by atoms with Crippen molar-refractivity contribution >= 4 is 5.78 Å². The number of carbonyl (C=O) groups excluding carboxylic acids is 1. The Labute approximate surface area is 123 Å². The number of hydrogen-bond acceptors (Lipinski definition) is 4. The Morgan fingerprint density at radius 2 is 2.14 bits per heavy atom. The summed E-state index contributed by atoms with van der Waals surface area (Å²) in [6.45, 7) is 0.365. The molecular weight excluding hydrogens is 266 g/mol. The molecule has 0 saturated heterocycles. The molecule has 0 radical (unpaired) electrons. The first-order valence-electron chi connectivity index (χ1n) is 7.05. The fraction of sp³-hybridized carbons (Fsp3) is 0.294. The lowest BCUT2D eigenvalue weighted by atomic mass is 9.90. The monoisotopic (exact) mass is 283 g/mol. The van der Waals surface area contributed by atoms with Crippen molar-refractivity contribution in [3.63, 3.8) is 0 Å². The summed E-state index contributed by atoms with van der Waals surface area (Å²) >= 11 is 0. The molecule has 0 fully saturated rings. The van der Waals surface area contributed by atoms with Gasteiger partial charge in [0, 0.05) is 18.2 Å². The number of methoxy groups -OCH3 is 1. The van der Waals surface area contributed by atoms with Gasteiger partial charge in [0.25, 0.3) is 0 Å². The average molecular weight is 283 g/mol. The van der Waals surface area contributed by atoms with Gasteiger partial charge in [-0.25, -0.2) is 4.98 Å². The van der Waals surface area contributed by atoms with Gasteiger partial charge in [0.05, 0.1) is 12.7 Å². The second kappa shape index (κ2) is 5.95. The second-order valence-electron chi connectivity index (χ2n) is 5.06. The van der Waals surface area contributed by atoms with Crippen molar-refractivity contribution in [1.29, 1.82) is 0 Å². The molecule has 1 aromatic carbocycles. The molecule has 1 heterocycles. The van der Waals surface area contributed by atoms with Gasteiger partial charge in [0.2, 0.25) is 5.88 Å². The van der Waals surface area contributed by atoms with Gasteiger partial charge in [0.15, 0.2) is 5.78 Å². The maximum absolute atomic E-state index is 11.9. The van der Waals surface area contributed by atoms with E-state index in [9.17, 15) is 4.79 Å². The maximum Gasteiger partial charge on any atom is 0.219 e. The standard InChI is InChI=1S/C17H17NO3/c1-20-17-13(5-3-9-18-17)11-21-14-8-7-12-4-2-6-16(19)15(12)10-14/h3,5,7-10H,2,4,6,11H2,1H3. The SMILES string of the molecule is COc1ncccc1COc1ccc2c(c1)C(=O)CCC2. The first-order valence-corrected chi connectivity index (χ1v) is 7.05. The van der Waals surface area contributed by atoms with E-state index in [1.807, 2.05) is 30.3 Å². The van der Waals surface area contributed by atoms with Gasteiger partial charge >= 0.3 is 0 Å². The van der Waals surface area contributed by atoms with Crippen LogP contribution in [-0.2, 0) is 13.0 Å². The van der Waals surface area contributed by atoms with E-state index in [0.29, 0.717) is 24.7 Å². The molecule has 0 atom stereocenters. The van der Waals surface area contributed by atoms with Gasteiger partial charge in [-0.05, 0) is 42.7 Å². The zero-order chi connectivity index (χ0) is 14.7. The molecule has 0 unspecified atom stereocenters. The number of rotatable bonds is 4. The van der Waals surface area contributed by atoms with E-state index in [4.69, 9.17) is 9.47 Å². The summed E-state index contributed by atoms with van der Waals surface area (Å²) in [5, 5.41) is 0. The lowest BCUT2D eigenvalue weighted by molar-refractivity contribution is 0.0972. The number of aryl methyl sites for hydroxylation is 1. The van der Waals surface area contributed by atoms with Gasteiger partial charge in [-0.15, -0.1) is 0 Å². The minimum atomic E-state index is 0.209. The summed E-state index contributed by atoms with van der Waals surface area (Å²) in [6.07, 6.45) is 4.23. The van der Waals surface area contributed by atoms with E-state index >= 15 is 0 Å². The first kappa shape index (κ1) is 13.6. The molecule has 0 bridgehead atoms. The van der Waals surface area contributed by atoms with Crippen LogP contribution in [0.1, 0.15) is 34.3 Å². The second-order valence-corrected chi connectivity index (χ2v) is 5.06. The van der Waals surface area contributed by atoms with Gasteiger partial charge < -0.3 is 9.47 Å². The molecule has 0 saturated carbocycles. The van der Waals surface area contributed by atoms with Crippen LogP contribution in [0.25, 0.3) is 0 Å². The minimum absolute atomic E-state index is 0.209. The van der Waals surface area contributed by atoms with E-state index in [1.54, 1.807) is 13.3 Å². The highest BCUT2D eigenvalue weighted by atomic mass is 16.5. The Bertz CT molecular complexity index is 667. The smallest absolute Gasteiger partial charge is 0.219 e. The maximum atomic E-state index is 11.9. The Hall–Kier alpha value is -2.36. The fourth-order valence-electron chi connectivity index (χ4n) is 2.58. The summed E-state index contributed by atoms with van der Waals surface area (Å²) in [7, 11) is 1.59. The molecule has 108 valence electrons. The molecule has 0 N–H and O–H groups in total. The van der Waals surface area contributed by atoms with Gasteiger partial charge in [-0.2, -0.15) is 0 Å². The summed E-state index contributed by atoms with van der Waals surface area (Å²) in [4.78, 5) is 16.1. The zero-order valence-corrected chi connectivity index (χ0v) is 12.0. The molecule has 1 aliphatic carbocycles. The van der Waals surface area contributed by atoms with E-state index in [1.165, 1.54) is 0 Å². The number of nitrogens with zero attached hydrogens (tertiary/aromatic N) is 1. The first-order chi connectivity index (χ1) is 10.3. The number of ether oxygens (including phenoxy) is 2. The van der Waals surface area contributed by atoms with Crippen LogP contribution >= 0.6 is 0 Å². The third-order valence-corrected chi connectivity index (χ3v) is 3.67. The third kappa shape index (κ3) is 2.89. The van der Waals surface area contributed by atoms with Crippen LogP contribution in [0, 0.1) is 0 Å². The Kier molecular flexibility index (Phi) is 3.86. The van der Waals surface area contributed by atoms with E-state index < -0.39 is 0 Å². The number of benzene rings is 1. The summed E-state index contributed by atoms with van der Waals surface area (Å²) in [5.41, 5.74) is 2.80. The molecule has 0 amide bonds. The van der Waals surface area contributed by atoms with Gasteiger partial charge in [0.1, 0.15) is 12.4 Å². The minimum Gasteiger partial charge on any atom is -0.489 e. The summed E-state index contributed by atoms with van der Waals surface area (Å²) in [6, 6.07) is 9.51. The molecule has 4 nitrogen and oxygen atoms in total. The predicted octanol–water partition coefficient (Wildman–Crippen LogP) is 3.19. The molecular formula is C17H17NO3. The summed E-state index contributed by atoms with van der Waals surface area (Å²) in [5.74, 6) is 1.47. The molecule has 4 heteroatoms. The lowest BCUT2D eigenvalue weighted by Gasteiger charge is -2.16. The molecule has 21 heavy (non-hydrogen) atoms. The molecule has 1 aromatic heterocycles. The number of pyridine rings is 1. The van der Waals surface area contributed by atoms with Crippen molar-refractivity contribution in [2.75, 3.05) is 7.11 Å². The van der Waals surface area contributed by atoms with Crippen LogP contribution in [0.2, 0.25) is 0 Å². The van der Waals surface area contributed by atoms with E-state index in [-0.39, 0.29) is 5.78 Å². The average Bonchev–Trinajstić information content (AvgIpc) is 2.54. The molecule has 0 aliphatic heterocycles. The normalized spacial score (nSPS) is 13.7. The third-order valence-electron chi connectivity index (χ3n) is 3.67. The van der Waals surface area contributed by atoms with Crippen molar-refractivity contribution in [3.8, 4) is 11.6 Å². The molecule has 1 aliphatic rings. The highest BCUT2D eigenvalue weighted by Crippen LogP contribution is 2.26. The van der Waals surface area contributed by atoms with Crippen LogP contribution < -0.4 is 9.47 Å². The van der Waals surface area contributed by atoms with Crippen molar-refractivity contribution < 1.29 is 14.3 Å². The predicted molar refractivity (Wildman–Crippen MR) is 78.8 cm³/mol. The molecule has 2 aromatic rings. The fourth-order valence-corrected chi connectivity index (χ4v) is 2.58. The number of carbonyl (C=O) groups is 1. The topological polar surface area (TPSA) is 48.4 Å². The number of fused-ring (bicyclic) bond motifs is 1. The van der Waals surface area contributed by atoms with Crippen LogP contribution in [0.5, 0.6) is 11.6 Å². The van der Waals surface area contributed by atoms with Crippen LogP contribution in [-0.4, -0.2) is 17.9 Å². The van der Waals surface area contributed by atoms with Crippen molar-refractivity contribution in [3.05, 3.63) is 53.2 Å². The quantitative estimate of drug-likeness (QED) is 0.864. The highest BCUT2D eigenvalue weighted by molar-refractivity contribution is 5.98. The number of aromatic nitrogens is 1. The van der Waals surface area contributed by atoms with Crippen LogP contribution in [0.4, 0.5) is 0 Å². The Morgan fingerprint density at radius 3 is 3.00 bits per heavy atom. The van der Waals surface area contributed by atoms with Crippen LogP contribution in [0.3, 0.4) is 0 Å². The van der Waals surface area contributed by atoms with Gasteiger partial charge in [-0.1, -0.05) is 6.07 Å². The molecule has 0 spiro atoms. The number of ketones is 1. The van der Waals surface area contributed by atoms with Crippen molar-refractivity contribution in [2.24, 2.45) is 0 Å². The number of hydrogen-bond donors (Lipinski definition) is 0. The summed E-state index contributed by atoms with van der Waals surface area (Å²) < 4.78 is 11.0. The van der Waals surface area contributed by atoms with E-state index in [2.05, 4.69) is 4.98 Å². The van der Waals surface area contributed by atoms with E-state index in [0.717, 1.165) is 29.5 Å². The lowest BCUT2D eigenvalue weighted by Crippen LogP contribution is -2.11. The highest BCUT2D eigenvalue weighted by Gasteiger charge is 2.17. The van der Waals surface area contributed by atoms with Gasteiger partial charge in [-0.3, -0.25) is 4.79 Å².